The summed E-state index contributed by atoms with van der Waals surface area (Å²) in [6.45, 7) is 4.84. The molecule has 0 bridgehead atoms. The number of nitrogens with zero attached hydrogens (tertiary/aromatic N) is 1. The molecule has 0 unspecified atom stereocenters. The summed E-state index contributed by atoms with van der Waals surface area (Å²) in [5.41, 5.74) is 1.38. The molecule has 2 aromatic rings. The topological polar surface area (TPSA) is 49.7 Å². The Labute approximate surface area is 118 Å². The molecular formula is C15H19NO4. The van der Waals surface area contributed by atoms with Gasteiger partial charge in [-0.3, -0.25) is 4.57 Å². The molecule has 108 valence electrons. The van der Waals surface area contributed by atoms with Crippen LogP contribution in [0.4, 0.5) is 0 Å². The summed E-state index contributed by atoms with van der Waals surface area (Å²) < 4.78 is 17.8. The highest BCUT2D eigenvalue weighted by atomic mass is 16.7. The van der Waals surface area contributed by atoms with Crippen molar-refractivity contribution in [3.8, 4) is 0 Å². The number of aromatic nitrogens is 1. The molecule has 5 nitrogen and oxygen atoms in total. The average molecular weight is 277 g/mol. The lowest BCUT2D eigenvalue weighted by Gasteiger charge is -2.19. The fraction of sp³-hybridized carbons (Fsp3) is 0.400. The highest BCUT2D eigenvalue weighted by Crippen LogP contribution is 2.26. The zero-order valence-corrected chi connectivity index (χ0v) is 12.0. The maximum atomic E-state index is 11.9. The molecule has 1 aromatic heterocycles. The fourth-order valence-electron chi connectivity index (χ4n) is 2.15. The van der Waals surface area contributed by atoms with Gasteiger partial charge in [-0.25, -0.2) is 4.79 Å². The van der Waals surface area contributed by atoms with Gasteiger partial charge in [-0.05, 0) is 19.9 Å². The molecule has 0 spiro atoms. The zero-order chi connectivity index (χ0) is 14.5. The van der Waals surface area contributed by atoms with Gasteiger partial charge in [-0.2, -0.15) is 0 Å². The minimum atomic E-state index is -0.548. The lowest BCUT2D eigenvalue weighted by atomic mass is 10.2. The molecule has 0 saturated carbocycles. The third-order valence-corrected chi connectivity index (χ3v) is 2.99. The molecule has 5 heteroatoms. The van der Waals surface area contributed by atoms with Gasteiger partial charge in [0.15, 0.2) is 0 Å². The van der Waals surface area contributed by atoms with Crippen molar-refractivity contribution >= 4 is 16.9 Å². The number of hydrogen-bond acceptors (Lipinski definition) is 4. The molecule has 1 aromatic carbocycles. The first-order chi connectivity index (χ1) is 9.72. The highest BCUT2D eigenvalue weighted by molar-refractivity contribution is 6.04. The number of rotatable bonds is 6. The predicted molar refractivity (Wildman–Crippen MR) is 75.6 cm³/mol. The first-order valence-electron chi connectivity index (χ1n) is 6.64. The van der Waals surface area contributed by atoms with Crippen molar-refractivity contribution in [3.05, 3.63) is 36.0 Å². The molecule has 0 aliphatic carbocycles. The van der Waals surface area contributed by atoms with Crippen molar-refractivity contribution < 1.29 is 19.0 Å². The zero-order valence-electron chi connectivity index (χ0n) is 12.0. The Morgan fingerprint density at radius 1 is 1.20 bits per heavy atom. The van der Waals surface area contributed by atoms with Crippen LogP contribution in [0.5, 0.6) is 0 Å². The number of fused-ring (bicyclic) bond motifs is 1. The normalized spacial score (nSPS) is 11.2. The minimum Gasteiger partial charge on any atom is -0.465 e. The molecule has 1 heterocycles. The SMILES string of the molecule is CCOC(OCC)n1cc(C(=O)OC)c2ccccc21. The Kier molecular flexibility index (Phi) is 4.76. The first-order valence-corrected chi connectivity index (χ1v) is 6.64. The molecule has 0 aliphatic rings. The number of esters is 1. The predicted octanol–water partition coefficient (Wildman–Crippen LogP) is 2.96. The van der Waals surface area contributed by atoms with Crippen LogP contribution in [0.25, 0.3) is 10.9 Å². The summed E-state index contributed by atoms with van der Waals surface area (Å²) in [4.78, 5) is 11.9. The van der Waals surface area contributed by atoms with Crippen LogP contribution in [0.2, 0.25) is 0 Å². The van der Waals surface area contributed by atoms with Gasteiger partial charge in [0.25, 0.3) is 0 Å². The van der Waals surface area contributed by atoms with Crippen molar-refractivity contribution in [1.29, 1.82) is 0 Å². The average Bonchev–Trinajstić information content (AvgIpc) is 2.86. The van der Waals surface area contributed by atoms with Gasteiger partial charge < -0.3 is 14.2 Å². The van der Waals surface area contributed by atoms with Crippen LogP contribution >= 0.6 is 0 Å². The lowest BCUT2D eigenvalue weighted by Crippen LogP contribution is -2.16. The molecule has 0 saturated heterocycles. The van der Waals surface area contributed by atoms with Crippen LogP contribution in [0.1, 0.15) is 30.6 Å². The molecule has 0 fully saturated rings. The highest BCUT2D eigenvalue weighted by Gasteiger charge is 2.20. The van der Waals surface area contributed by atoms with Crippen LogP contribution < -0.4 is 0 Å². The standard InChI is InChI=1S/C15H19NO4/c1-4-19-15(20-5-2)16-10-12(14(17)18-3)11-8-6-7-9-13(11)16/h6-10,15H,4-5H2,1-3H3. The Hall–Kier alpha value is -1.85. The van der Waals surface area contributed by atoms with E-state index in [2.05, 4.69) is 0 Å². The monoisotopic (exact) mass is 277 g/mol. The maximum Gasteiger partial charge on any atom is 0.340 e. The number of methoxy groups -OCH3 is 1. The van der Waals surface area contributed by atoms with E-state index in [1.807, 2.05) is 42.7 Å². The maximum absolute atomic E-state index is 11.9. The van der Waals surface area contributed by atoms with E-state index < -0.39 is 6.41 Å². The van der Waals surface area contributed by atoms with Gasteiger partial charge >= 0.3 is 5.97 Å². The first kappa shape index (κ1) is 14.6. The third-order valence-electron chi connectivity index (χ3n) is 2.99. The van der Waals surface area contributed by atoms with Gasteiger partial charge in [0.05, 0.1) is 18.2 Å². The van der Waals surface area contributed by atoms with Crippen LogP contribution in [0, 0.1) is 0 Å². The molecule has 0 N–H and O–H groups in total. The Morgan fingerprint density at radius 2 is 1.85 bits per heavy atom. The quantitative estimate of drug-likeness (QED) is 0.601. The Bertz CT molecular complexity index is 585. The summed E-state index contributed by atoms with van der Waals surface area (Å²) in [5, 5.41) is 0.823. The number of hydrogen-bond donors (Lipinski definition) is 0. The number of ether oxygens (including phenoxy) is 3. The van der Waals surface area contributed by atoms with Crippen LogP contribution in [-0.4, -0.2) is 30.9 Å². The van der Waals surface area contributed by atoms with E-state index in [9.17, 15) is 4.79 Å². The summed E-state index contributed by atoms with van der Waals surface area (Å²) in [6.07, 6.45) is 1.17. The third kappa shape index (κ3) is 2.69. The second kappa shape index (κ2) is 6.54. The Morgan fingerprint density at radius 3 is 2.45 bits per heavy atom. The minimum absolute atomic E-state index is 0.369. The van der Waals surface area contributed by atoms with Crippen molar-refractivity contribution in [2.24, 2.45) is 0 Å². The van der Waals surface area contributed by atoms with Crippen LogP contribution in [0.15, 0.2) is 30.5 Å². The molecule has 0 atom stereocenters. The van der Waals surface area contributed by atoms with E-state index in [0.29, 0.717) is 18.8 Å². The van der Waals surface area contributed by atoms with Gasteiger partial charge in [-0.1, -0.05) is 18.2 Å². The largest absolute Gasteiger partial charge is 0.465 e. The Balaban J connectivity index is 2.54. The van der Waals surface area contributed by atoms with Gasteiger partial charge in [0, 0.05) is 24.8 Å². The molecule has 20 heavy (non-hydrogen) atoms. The van der Waals surface area contributed by atoms with Crippen LogP contribution in [0.3, 0.4) is 0 Å². The lowest BCUT2D eigenvalue weighted by molar-refractivity contribution is -0.183. The van der Waals surface area contributed by atoms with Crippen molar-refractivity contribution in [2.45, 2.75) is 20.3 Å². The van der Waals surface area contributed by atoms with E-state index >= 15 is 0 Å². The smallest absolute Gasteiger partial charge is 0.340 e. The number of carbonyl (C=O) groups is 1. The summed E-state index contributed by atoms with van der Waals surface area (Å²) in [7, 11) is 1.37. The molecule has 2 rings (SSSR count). The van der Waals surface area contributed by atoms with Gasteiger partial charge in [0.1, 0.15) is 0 Å². The second-order valence-corrected chi connectivity index (χ2v) is 4.18. The summed E-state index contributed by atoms with van der Waals surface area (Å²) in [6, 6.07) is 7.60. The van der Waals surface area contributed by atoms with E-state index in [1.165, 1.54) is 7.11 Å². The van der Waals surface area contributed by atoms with Gasteiger partial charge in [0.2, 0.25) is 6.41 Å². The summed E-state index contributed by atoms with van der Waals surface area (Å²) in [5.74, 6) is -0.369. The fourth-order valence-corrected chi connectivity index (χ4v) is 2.15. The van der Waals surface area contributed by atoms with Gasteiger partial charge in [-0.15, -0.1) is 0 Å². The van der Waals surface area contributed by atoms with Crippen molar-refractivity contribution in [2.75, 3.05) is 20.3 Å². The van der Waals surface area contributed by atoms with E-state index in [-0.39, 0.29) is 5.97 Å². The number of benzene rings is 1. The van der Waals surface area contributed by atoms with E-state index in [1.54, 1.807) is 6.20 Å². The van der Waals surface area contributed by atoms with E-state index in [0.717, 1.165) is 10.9 Å². The van der Waals surface area contributed by atoms with E-state index in [4.69, 9.17) is 14.2 Å². The summed E-state index contributed by atoms with van der Waals surface area (Å²) >= 11 is 0. The van der Waals surface area contributed by atoms with Crippen molar-refractivity contribution in [3.63, 3.8) is 0 Å². The number of para-hydroxylation sites is 1. The number of carbonyl (C=O) groups excluding carboxylic acids is 1. The second-order valence-electron chi connectivity index (χ2n) is 4.18. The van der Waals surface area contributed by atoms with Crippen molar-refractivity contribution in [1.82, 2.24) is 4.57 Å². The van der Waals surface area contributed by atoms with Crippen LogP contribution in [-0.2, 0) is 14.2 Å². The molecule has 0 radical (unpaired) electrons. The molecular weight excluding hydrogens is 258 g/mol. The molecule has 0 aliphatic heterocycles. The molecule has 0 amide bonds.